The van der Waals surface area contributed by atoms with Crippen LogP contribution >= 0.6 is 0 Å². The number of ether oxygens (including phenoxy) is 1. The molecule has 1 aromatic heterocycles. The summed E-state index contributed by atoms with van der Waals surface area (Å²) in [6.45, 7) is 0. The van der Waals surface area contributed by atoms with Crippen LogP contribution in [0.3, 0.4) is 0 Å². The average molecular weight is 667 g/mol. The summed E-state index contributed by atoms with van der Waals surface area (Å²) < 4.78 is 6.64. The molecule has 0 atom stereocenters. The number of para-hydroxylation sites is 2. The fourth-order valence-corrected chi connectivity index (χ4v) is 7.23. The molecule has 0 saturated carbocycles. The molecule has 0 unspecified atom stereocenters. The van der Waals surface area contributed by atoms with Crippen molar-refractivity contribution in [3.8, 4) is 56.8 Å². The van der Waals surface area contributed by atoms with Crippen molar-refractivity contribution < 1.29 is 4.74 Å². The summed E-state index contributed by atoms with van der Waals surface area (Å²) in [5, 5.41) is 4.36. The highest BCUT2D eigenvalue weighted by molar-refractivity contribution is 6.09. The van der Waals surface area contributed by atoms with E-state index >= 15 is 0 Å². The molecule has 8 aromatic carbocycles. The van der Waals surface area contributed by atoms with Crippen LogP contribution in [0.5, 0.6) is 11.5 Å². The highest BCUT2D eigenvalue weighted by atomic mass is 16.5. The Morgan fingerprint density at radius 1 is 0.365 bits per heavy atom. The maximum Gasteiger partial charge on any atom is 0.164 e. The molecule has 10 rings (SSSR count). The summed E-state index contributed by atoms with van der Waals surface area (Å²) in [6, 6.07) is 62.7. The Bertz CT molecular complexity index is 2730. The van der Waals surface area contributed by atoms with Crippen molar-refractivity contribution in [1.82, 2.24) is 15.0 Å². The van der Waals surface area contributed by atoms with Crippen LogP contribution in [-0.2, 0) is 0 Å². The van der Waals surface area contributed by atoms with Crippen molar-refractivity contribution in [3.63, 3.8) is 0 Å². The maximum atomic E-state index is 6.64. The van der Waals surface area contributed by atoms with Gasteiger partial charge in [-0.1, -0.05) is 121 Å². The van der Waals surface area contributed by atoms with Crippen LogP contribution in [-0.4, -0.2) is 15.0 Å². The molecule has 0 fully saturated rings. The quantitative estimate of drug-likeness (QED) is 0.177. The minimum absolute atomic E-state index is 0.611. The van der Waals surface area contributed by atoms with Gasteiger partial charge in [0, 0.05) is 44.7 Å². The number of benzene rings is 8. The van der Waals surface area contributed by atoms with Gasteiger partial charge in [-0.2, -0.15) is 0 Å². The Hall–Kier alpha value is -7.11. The Kier molecular flexibility index (Phi) is 7.07. The number of rotatable bonds is 6. The fraction of sp³-hybridized carbons (Fsp3) is 0. The van der Waals surface area contributed by atoms with Crippen LogP contribution in [0, 0.1) is 0 Å². The van der Waals surface area contributed by atoms with E-state index < -0.39 is 0 Å². The molecule has 52 heavy (non-hydrogen) atoms. The molecule has 244 valence electrons. The first-order chi connectivity index (χ1) is 25.8. The van der Waals surface area contributed by atoms with Gasteiger partial charge in [0.1, 0.15) is 11.5 Å². The number of hydrogen-bond acceptors (Lipinski definition) is 5. The van der Waals surface area contributed by atoms with E-state index in [-0.39, 0.29) is 0 Å². The smallest absolute Gasteiger partial charge is 0.164 e. The monoisotopic (exact) mass is 666 g/mol. The SMILES string of the molecule is c1ccc(-c2nc(-c3ccc4ccccc4c3)nc(-c3ccc4c5c(cccc35)-c3cc(N(c5ccccc5)c5ccccc5)ccc3O4)n2)cc1. The number of aromatic nitrogens is 3. The molecule has 2 heterocycles. The summed E-state index contributed by atoms with van der Waals surface area (Å²) in [5.41, 5.74) is 8.13. The second-order valence-corrected chi connectivity index (χ2v) is 12.9. The van der Waals surface area contributed by atoms with Gasteiger partial charge in [-0.05, 0) is 82.4 Å². The minimum atomic E-state index is 0.611. The molecular formula is C47H30N4O. The van der Waals surface area contributed by atoms with Crippen molar-refractivity contribution in [2.45, 2.75) is 0 Å². The normalized spacial score (nSPS) is 11.6. The maximum absolute atomic E-state index is 6.64. The summed E-state index contributed by atoms with van der Waals surface area (Å²) in [5.74, 6) is 3.50. The number of nitrogens with zero attached hydrogens (tertiary/aromatic N) is 4. The summed E-state index contributed by atoms with van der Waals surface area (Å²) in [4.78, 5) is 17.5. The molecule has 1 aliphatic heterocycles. The van der Waals surface area contributed by atoms with Crippen LogP contribution in [0.2, 0.25) is 0 Å². The molecule has 5 nitrogen and oxygen atoms in total. The molecule has 1 aliphatic rings. The molecule has 9 aromatic rings. The van der Waals surface area contributed by atoms with Gasteiger partial charge < -0.3 is 9.64 Å². The van der Waals surface area contributed by atoms with E-state index in [9.17, 15) is 0 Å². The van der Waals surface area contributed by atoms with E-state index in [0.29, 0.717) is 17.5 Å². The topological polar surface area (TPSA) is 51.1 Å². The van der Waals surface area contributed by atoms with Gasteiger partial charge >= 0.3 is 0 Å². The van der Waals surface area contributed by atoms with Crippen molar-refractivity contribution in [2.75, 3.05) is 4.90 Å². The summed E-state index contributed by atoms with van der Waals surface area (Å²) in [6.07, 6.45) is 0. The van der Waals surface area contributed by atoms with Crippen molar-refractivity contribution in [1.29, 1.82) is 0 Å². The van der Waals surface area contributed by atoms with Gasteiger partial charge in [-0.25, -0.2) is 15.0 Å². The van der Waals surface area contributed by atoms with Crippen molar-refractivity contribution in [2.24, 2.45) is 0 Å². The van der Waals surface area contributed by atoms with Gasteiger partial charge in [0.25, 0.3) is 0 Å². The first kappa shape index (κ1) is 29.8. The molecule has 5 heteroatoms. The minimum Gasteiger partial charge on any atom is -0.456 e. The highest BCUT2D eigenvalue weighted by Crippen LogP contribution is 2.50. The highest BCUT2D eigenvalue weighted by Gasteiger charge is 2.25. The van der Waals surface area contributed by atoms with E-state index in [1.165, 1.54) is 5.39 Å². The van der Waals surface area contributed by atoms with Crippen LogP contribution in [0.1, 0.15) is 0 Å². The molecule has 0 bridgehead atoms. The van der Waals surface area contributed by atoms with E-state index in [4.69, 9.17) is 19.7 Å². The lowest BCUT2D eigenvalue weighted by Gasteiger charge is -2.28. The third-order valence-electron chi connectivity index (χ3n) is 9.68. The molecule has 0 amide bonds. The Labute approximate surface area is 301 Å². The van der Waals surface area contributed by atoms with Crippen molar-refractivity contribution >= 4 is 38.6 Å². The Balaban J connectivity index is 1.14. The largest absolute Gasteiger partial charge is 0.456 e. The first-order valence-corrected chi connectivity index (χ1v) is 17.4. The predicted molar refractivity (Wildman–Crippen MR) is 211 cm³/mol. The van der Waals surface area contributed by atoms with Gasteiger partial charge in [0.15, 0.2) is 17.5 Å². The number of hydrogen-bond donors (Lipinski definition) is 0. The summed E-state index contributed by atoms with van der Waals surface area (Å²) >= 11 is 0. The number of fused-ring (bicyclic) bond motifs is 3. The molecular weight excluding hydrogens is 637 g/mol. The van der Waals surface area contributed by atoms with Gasteiger partial charge in [-0.3, -0.25) is 0 Å². The average Bonchev–Trinajstić information content (AvgIpc) is 3.22. The molecule has 0 spiro atoms. The van der Waals surface area contributed by atoms with E-state index in [0.717, 1.165) is 72.5 Å². The molecule has 0 saturated heterocycles. The van der Waals surface area contributed by atoms with Gasteiger partial charge in [0.05, 0.1) is 0 Å². The molecule has 0 radical (unpaired) electrons. The lowest BCUT2D eigenvalue weighted by Crippen LogP contribution is -2.10. The fourth-order valence-electron chi connectivity index (χ4n) is 7.23. The van der Waals surface area contributed by atoms with Gasteiger partial charge in [-0.15, -0.1) is 0 Å². The van der Waals surface area contributed by atoms with E-state index in [2.05, 4.69) is 138 Å². The summed E-state index contributed by atoms with van der Waals surface area (Å²) in [7, 11) is 0. The second-order valence-electron chi connectivity index (χ2n) is 12.9. The van der Waals surface area contributed by atoms with Crippen LogP contribution < -0.4 is 9.64 Å². The molecule has 0 N–H and O–H groups in total. The Morgan fingerprint density at radius 2 is 1.00 bits per heavy atom. The lowest BCUT2D eigenvalue weighted by molar-refractivity contribution is 0.487. The third kappa shape index (κ3) is 5.15. The van der Waals surface area contributed by atoms with Crippen molar-refractivity contribution in [3.05, 3.63) is 182 Å². The van der Waals surface area contributed by atoms with Crippen LogP contribution in [0.4, 0.5) is 17.1 Å². The van der Waals surface area contributed by atoms with Gasteiger partial charge in [0.2, 0.25) is 0 Å². The lowest BCUT2D eigenvalue weighted by atomic mass is 9.92. The molecule has 0 aliphatic carbocycles. The van der Waals surface area contributed by atoms with Crippen LogP contribution in [0.25, 0.3) is 66.8 Å². The zero-order chi connectivity index (χ0) is 34.4. The first-order valence-electron chi connectivity index (χ1n) is 17.4. The number of anilines is 3. The van der Waals surface area contributed by atoms with E-state index in [1.54, 1.807) is 0 Å². The standard InChI is InChI=1S/C47H30N4O/c1-4-14-32(15-5-1)45-48-46(34-24-23-31-13-10-11-16-33(31)29-34)50-47(49-45)40-26-28-43-44-38(40)21-12-22-39(44)41-30-37(25-27-42(41)52-43)51(35-17-6-2-7-18-35)36-19-8-3-9-20-36/h1-30H. The van der Waals surface area contributed by atoms with Crippen LogP contribution in [0.15, 0.2) is 182 Å². The van der Waals surface area contributed by atoms with E-state index in [1.807, 2.05) is 48.5 Å². The Morgan fingerprint density at radius 3 is 1.75 bits per heavy atom. The second kappa shape index (κ2) is 12.3. The third-order valence-corrected chi connectivity index (χ3v) is 9.68. The zero-order valence-electron chi connectivity index (χ0n) is 28.0. The predicted octanol–water partition coefficient (Wildman–Crippen LogP) is 12.4. The zero-order valence-corrected chi connectivity index (χ0v) is 28.0.